The fourth-order valence-corrected chi connectivity index (χ4v) is 5.47. The van der Waals surface area contributed by atoms with Gasteiger partial charge in [0, 0.05) is 22.0 Å². The molecule has 2 bridgehead atoms. The van der Waals surface area contributed by atoms with Crippen LogP contribution >= 0.6 is 23.8 Å². The maximum atomic E-state index is 13.8. The van der Waals surface area contributed by atoms with Crippen LogP contribution in [0, 0.1) is 12.8 Å². The number of fused-ring (bicyclic) bond motifs is 4. The first kappa shape index (κ1) is 22.7. The number of carbonyl (C=O) groups excluding carboxylic acids is 1. The predicted octanol–water partition coefficient (Wildman–Crippen LogP) is 6.01. The Bertz CT molecular complexity index is 1260. The molecule has 3 aromatic rings. The summed E-state index contributed by atoms with van der Waals surface area (Å²) in [7, 11) is 0. The number of benzene rings is 3. The van der Waals surface area contributed by atoms with Gasteiger partial charge in [0.25, 0.3) is 0 Å². The van der Waals surface area contributed by atoms with Gasteiger partial charge in [0.2, 0.25) is 5.91 Å². The SMILES string of the molecule is CCc1ccc(N2C(=S)N[C@@H]3c4cc(C)ccc4O[C@]2(C)[C@@H]3C(=O)Nc2ccc(Cl)cc2)cc1. The fraction of sp³-hybridized carbons (Fsp3) is 0.259. The van der Waals surface area contributed by atoms with Crippen LogP contribution < -0.4 is 20.3 Å². The van der Waals surface area contributed by atoms with E-state index in [0.717, 1.165) is 29.0 Å². The van der Waals surface area contributed by atoms with Crippen LogP contribution in [0.4, 0.5) is 11.4 Å². The first-order valence-electron chi connectivity index (χ1n) is 11.4. The van der Waals surface area contributed by atoms with Gasteiger partial charge >= 0.3 is 0 Å². The molecule has 5 nitrogen and oxygen atoms in total. The average Bonchev–Trinajstić information content (AvgIpc) is 2.81. The van der Waals surface area contributed by atoms with Crippen LogP contribution in [0.2, 0.25) is 5.02 Å². The molecule has 2 N–H and O–H groups in total. The fourth-order valence-electron chi connectivity index (χ4n) is 4.93. The summed E-state index contributed by atoms with van der Waals surface area (Å²) in [6.45, 7) is 6.09. The average molecular weight is 492 g/mol. The Labute approximate surface area is 210 Å². The molecule has 2 heterocycles. The number of hydrogen-bond acceptors (Lipinski definition) is 3. The van der Waals surface area contributed by atoms with Crippen LogP contribution in [0.5, 0.6) is 5.75 Å². The number of aryl methyl sites for hydroxylation is 2. The van der Waals surface area contributed by atoms with Crippen LogP contribution in [-0.4, -0.2) is 16.7 Å². The Hall–Kier alpha value is -3.09. The first-order valence-corrected chi connectivity index (χ1v) is 12.1. The summed E-state index contributed by atoms with van der Waals surface area (Å²) in [5.41, 5.74) is 3.75. The molecule has 0 radical (unpaired) electrons. The van der Waals surface area contributed by atoms with Crippen molar-refractivity contribution in [3.8, 4) is 5.75 Å². The minimum atomic E-state index is -1.04. The first-order chi connectivity index (χ1) is 16.3. The third kappa shape index (κ3) is 3.81. The van der Waals surface area contributed by atoms with Crippen LogP contribution in [-0.2, 0) is 11.2 Å². The standard InChI is InChI=1S/C27H26ClN3O2S/c1-4-17-6-12-20(13-7-17)31-26(34)30-24-21-15-16(2)5-14-22(21)33-27(31,3)23(24)25(32)29-19-10-8-18(28)9-11-19/h5-15,23-24H,4H2,1-3H3,(H,29,32)(H,30,34)/t23-,24+,27+/m0/s1. The number of nitrogens with zero attached hydrogens (tertiary/aromatic N) is 1. The van der Waals surface area contributed by atoms with Gasteiger partial charge in [-0.25, -0.2) is 0 Å². The van der Waals surface area contributed by atoms with Crippen LogP contribution in [0.25, 0.3) is 0 Å². The highest BCUT2D eigenvalue weighted by Crippen LogP contribution is 2.50. The van der Waals surface area contributed by atoms with E-state index in [1.165, 1.54) is 5.56 Å². The molecular formula is C27H26ClN3O2S. The van der Waals surface area contributed by atoms with Gasteiger partial charge < -0.3 is 15.4 Å². The van der Waals surface area contributed by atoms with Crippen molar-refractivity contribution in [1.82, 2.24) is 5.32 Å². The van der Waals surface area contributed by atoms with Gasteiger partial charge in [0.15, 0.2) is 10.8 Å². The molecular weight excluding hydrogens is 466 g/mol. The summed E-state index contributed by atoms with van der Waals surface area (Å²) in [6, 6.07) is 21.0. The van der Waals surface area contributed by atoms with Crippen molar-refractivity contribution in [1.29, 1.82) is 0 Å². The van der Waals surface area contributed by atoms with E-state index in [4.69, 9.17) is 28.6 Å². The summed E-state index contributed by atoms with van der Waals surface area (Å²) in [5.74, 6) is 0.000933. The highest BCUT2D eigenvalue weighted by atomic mass is 35.5. The van der Waals surface area contributed by atoms with E-state index in [1.807, 2.05) is 43.0 Å². The molecule has 2 aliphatic heterocycles. The molecule has 0 saturated carbocycles. The molecule has 1 fully saturated rings. The zero-order valence-corrected chi connectivity index (χ0v) is 20.8. The molecule has 174 valence electrons. The lowest BCUT2D eigenvalue weighted by molar-refractivity contribution is -0.130. The number of ether oxygens (including phenoxy) is 1. The van der Waals surface area contributed by atoms with Gasteiger partial charge in [0.05, 0.1) is 6.04 Å². The van der Waals surface area contributed by atoms with Crippen molar-refractivity contribution >= 4 is 46.2 Å². The Balaban J connectivity index is 1.60. The van der Waals surface area contributed by atoms with Gasteiger partial charge in [-0.05, 0) is 80.5 Å². The molecule has 1 amide bonds. The summed E-state index contributed by atoms with van der Waals surface area (Å²) in [6.07, 6.45) is 0.942. The Morgan fingerprint density at radius 2 is 1.85 bits per heavy atom. The van der Waals surface area contributed by atoms with Crippen molar-refractivity contribution < 1.29 is 9.53 Å². The van der Waals surface area contributed by atoms with Crippen LogP contribution in [0.15, 0.2) is 66.7 Å². The molecule has 7 heteroatoms. The van der Waals surface area contributed by atoms with Gasteiger partial charge in [-0.15, -0.1) is 0 Å². The Kier molecular flexibility index (Phi) is 5.74. The molecule has 3 aromatic carbocycles. The molecule has 0 aromatic heterocycles. The number of amides is 1. The van der Waals surface area contributed by atoms with Crippen LogP contribution in [0.3, 0.4) is 0 Å². The summed E-state index contributed by atoms with van der Waals surface area (Å²) in [4.78, 5) is 15.7. The van der Waals surface area contributed by atoms with E-state index in [9.17, 15) is 4.79 Å². The second-order valence-electron chi connectivity index (χ2n) is 8.95. The number of carbonyl (C=O) groups is 1. The van der Waals surface area contributed by atoms with E-state index in [1.54, 1.807) is 24.3 Å². The third-order valence-corrected chi connectivity index (χ3v) is 7.20. The lowest BCUT2D eigenvalue weighted by atomic mass is 9.78. The highest BCUT2D eigenvalue weighted by molar-refractivity contribution is 7.80. The second kappa shape index (κ2) is 8.60. The molecule has 1 saturated heterocycles. The minimum absolute atomic E-state index is 0.160. The maximum Gasteiger partial charge on any atom is 0.236 e. The smallest absolute Gasteiger partial charge is 0.236 e. The maximum absolute atomic E-state index is 13.8. The Morgan fingerprint density at radius 3 is 2.53 bits per heavy atom. The number of anilines is 2. The van der Waals surface area contributed by atoms with Crippen molar-refractivity contribution in [2.24, 2.45) is 5.92 Å². The zero-order valence-electron chi connectivity index (χ0n) is 19.3. The monoisotopic (exact) mass is 491 g/mol. The quantitative estimate of drug-likeness (QED) is 0.438. The van der Waals surface area contributed by atoms with E-state index in [0.29, 0.717) is 15.8 Å². The number of nitrogens with one attached hydrogen (secondary N) is 2. The molecule has 5 rings (SSSR count). The second-order valence-corrected chi connectivity index (χ2v) is 9.78. The van der Waals surface area contributed by atoms with Crippen molar-refractivity contribution in [2.75, 3.05) is 10.2 Å². The van der Waals surface area contributed by atoms with E-state index < -0.39 is 11.6 Å². The summed E-state index contributed by atoms with van der Waals surface area (Å²) >= 11 is 11.9. The van der Waals surface area contributed by atoms with E-state index in [-0.39, 0.29) is 11.9 Å². The highest BCUT2D eigenvalue weighted by Gasteiger charge is 2.59. The van der Waals surface area contributed by atoms with Crippen molar-refractivity contribution in [3.63, 3.8) is 0 Å². The van der Waals surface area contributed by atoms with Crippen molar-refractivity contribution in [2.45, 2.75) is 39.0 Å². The molecule has 0 aliphatic carbocycles. The normalized spacial score (nSPS) is 22.9. The van der Waals surface area contributed by atoms with Gasteiger partial charge in [-0.3, -0.25) is 9.69 Å². The van der Waals surface area contributed by atoms with E-state index >= 15 is 0 Å². The molecule has 2 aliphatic rings. The number of rotatable bonds is 4. The number of thiocarbonyl (C=S) groups is 1. The molecule has 34 heavy (non-hydrogen) atoms. The topological polar surface area (TPSA) is 53.6 Å². The molecule has 0 spiro atoms. The summed E-state index contributed by atoms with van der Waals surface area (Å²) < 4.78 is 6.65. The van der Waals surface area contributed by atoms with Gasteiger partial charge in [-0.1, -0.05) is 48.4 Å². The summed E-state index contributed by atoms with van der Waals surface area (Å²) in [5, 5.41) is 7.65. The molecule has 0 unspecified atom stereocenters. The lowest BCUT2D eigenvalue weighted by Crippen LogP contribution is -2.72. The minimum Gasteiger partial charge on any atom is -0.467 e. The van der Waals surface area contributed by atoms with Crippen molar-refractivity contribution in [3.05, 3.63) is 88.4 Å². The Morgan fingerprint density at radius 1 is 1.15 bits per heavy atom. The number of halogens is 1. The largest absolute Gasteiger partial charge is 0.467 e. The zero-order chi connectivity index (χ0) is 24.0. The number of hydrogen-bond donors (Lipinski definition) is 2. The molecule has 3 atom stereocenters. The van der Waals surface area contributed by atoms with Crippen LogP contribution in [0.1, 0.15) is 36.6 Å². The third-order valence-electron chi connectivity index (χ3n) is 6.65. The van der Waals surface area contributed by atoms with E-state index in [2.05, 4.69) is 35.8 Å². The van der Waals surface area contributed by atoms with Gasteiger partial charge in [-0.2, -0.15) is 0 Å². The lowest BCUT2D eigenvalue weighted by Gasteiger charge is -2.56. The predicted molar refractivity (Wildman–Crippen MR) is 141 cm³/mol. The van der Waals surface area contributed by atoms with Gasteiger partial charge in [0.1, 0.15) is 11.7 Å².